The summed E-state index contributed by atoms with van der Waals surface area (Å²) in [5.41, 5.74) is 0. The van der Waals surface area contributed by atoms with E-state index in [1.807, 2.05) is 13.8 Å². The van der Waals surface area contributed by atoms with E-state index >= 15 is 0 Å². The third kappa shape index (κ3) is 9.17. The van der Waals surface area contributed by atoms with E-state index in [-0.39, 0.29) is 6.61 Å². The third-order valence-electron chi connectivity index (χ3n) is 3.56. The second kappa shape index (κ2) is 12.7. The van der Waals surface area contributed by atoms with Crippen molar-refractivity contribution in [2.24, 2.45) is 0 Å². The van der Waals surface area contributed by atoms with Gasteiger partial charge in [-0.15, -0.1) is 6.58 Å². The standard InChI is InChI=1S/C15H24F8O3.C3H6/c1-3-4-5-6-26-9-11(25)8-13(18,19)15(22,23)14(20,21)12(16,17)7-10(2)24;1-3-2/h10-11,24-25H,3-9H2,1-2H3;3H,1H2,2H3. The molecular weight excluding hydrogens is 416 g/mol. The summed E-state index contributed by atoms with van der Waals surface area (Å²) in [6.07, 6.45) is -4.88. The van der Waals surface area contributed by atoms with Crippen molar-refractivity contribution in [1.82, 2.24) is 0 Å². The second-order valence-corrected chi connectivity index (χ2v) is 6.66. The molecule has 0 saturated heterocycles. The summed E-state index contributed by atoms with van der Waals surface area (Å²) < 4.78 is 113. The Balaban J connectivity index is 0. The molecule has 0 amide bonds. The van der Waals surface area contributed by atoms with Gasteiger partial charge in [-0.2, -0.15) is 35.1 Å². The van der Waals surface area contributed by atoms with E-state index in [0.29, 0.717) is 13.3 Å². The van der Waals surface area contributed by atoms with Crippen LogP contribution in [0, 0.1) is 0 Å². The molecule has 2 unspecified atom stereocenters. The fourth-order valence-electron chi connectivity index (χ4n) is 2.12. The van der Waals surface area contributed by atoms with Gasteiger partial charge in [-0.25, -0.2) is 0 Å². The van der Waals surface area contributed by atoms with Gasteiger partial charge < -0.3 is 14.9 Å². The van der Waals surface area contributed by atoms with Gasteiger partial charge in [-0.1, -0.05) is 25.8 Å². The van der Waals surface area contributed by atoms with E-state index in [4.69, 9.17) is 9.84 Å². The number of unbranched alkanes of at least 4 members (excludes halogenated alkanes) is 2. The van der Waals surface area contributed by atoms with E-state index in [1.165, 1.54) is 0 Å². The number of alkyl halides is 8. The van der Waals surface area contributed by atoms with Gasteiger partial charge in [0.1, 0.15) is 0 Å². The van der Waals surface area contributed by atoms with Gasteiger partial charge in [-0.3, -0.25) is 0 Å². The summed E-state index contributed by atoms with van der Waals surface area (Å²) >= 11 is 0. The Hall–Kier alpha value is -0.940. The van der Waals surface area contributed by atoms with Crippen LogP contribution in [0.25, 0.3) is 0 Å². The first kappa shape index (κ1) is 30.3. The molecule has 0 aliphatic rings. The smallest absolute Gasteiger partial charge is 0.378 e. The SMILES string of the molecule is C=CC.CCCCCOCC(O)CC(F)(F)C(F)(F)C(F)(F)C(F)(F)CC(C)O. The zero-order valence-corrected chi connectivity index (χ0v) is 16.7. The van der Waals surface area contributed by atoms with Crippen molar-refractivity contribution in [3.63, 3.8) is 0 Å². The lowest BCUT2D eigenvalue weighted by Gasteiger charge is -2.37. The summed E-state index contributed by atoms with van der Waals surface area (Å²) in [7, 11) is 0. The van der Waals surface area contributed by atoms with Crippen LogP contribution in [0.1, 0.15) is 52.9 Å². The molecule has 0 saturated carbocycles. The highest BCUT2D eigenvalue weighted by Crippen LogP contribution is 2.55. The van der Waals surface area contributed by atoms with Crippen molar-refractivity contribution >= 4 is 0 Å². The molecule has 0 aromatic rings. The molecule has 2 N–H and O–H groups in total. The second-order valence-electron chi connectivity index (χ2n) is 6.66. The molecule has 176 valence electrons. The first-order valence-corrected chi connectivity index (χ1v) is 9.06. The van der Waals surface area contributed by atoms with Gasteiger partial charge in [0.2, 0.25) is 0 Å². The van der Waals surface area contributed by atoms with Crippen molar-refractivity contribution in [2.45, 2.75) is 88.8 Å². The van der Waals surface area contributed by atoms with Gasteiger partial charge >= 0.3 is 23.7 Å². The van der Waals surface area contributed by atoms with Gasteiger partial charge in [0.25, 0.3) is 0 Å². The lowest BCUT2D eigenvalue weighted by Crippen LogP contribution is -2.63. The summed E-state index contributed by atoms with van der Waals surface area (Å²) in [4.78, 5) is 0. The van der Waals surface area contributed by atoms with E-state index in [9.17, 15) is 40.2 Å². The van der Waals surface area contributed by atoms with Crippen LogP contribution in [0.15, 0.2) is 12.7 Å². The number of halogens is 8. The summed E-state index contributed by atoms with van der Waals surface area (Å²) in [5.74, 6) is -24.1. The lowest BCUT2D eigenvalue weighted by molar-refractivity contribution is -0.372. The monoisotopic (exact) mass is 446 g/mol. The number of rotatable bonds is 13. The van der Waals surface area contributed by atoms with E-state index in [0.717, 1.165) is 12.8 Å². The zero-order chi connectivity index (χ0) is 23.5. The van der Waals surface area contributed by atoms with Crippen LogP contribution in [0.4, 0.5) is 35.1 Å². The van der Waals surface area contributed by atoms with Crippen molar-refractivity contribution in [2.75, 3.05) is 13.2 Å². The zero-order valence-electron chi connectivity index (χ0n) is 16.7. The molecule has 0 aromatic heterocycles. The first-order chi connectivity index (χ1) is 13.0. The molecule has 3 nitrogen and oxygen atoms in total. The molecule has 0 aliphatic heterocycles. The van der Waals surface area contributed by atoms with Crippen LogP contribution in [0.5, 0.6) is 0 Å². The van der Waals surface area contributed by atoms with Crippen LogP contribution in [0.2, 0.25) is 0 Å². The molecule has 29 heavy (non-hydrogen) atoms. The topological polar surface area (TPSA) is 49.7 Å². The minimum Gasteiger partial charge on any atom is -0.393 e. The van der Waals surface area contributed by atoms with E-state index in [2.05, 4.69) is 6.58 Å². The highest BCUT2D eigenvalue weighted by molar-refractivity contribution is 5.04. The van der Waals surface area contributed by atoms with Crippen molar-refractivity contribution in [3.05, 3.63) is 12.7 Å². The number of ether oxygens (including phenoxy) is 1. The minimum absolute atomic E-state index is 0.0372. The Morgan fingerprint density at radius 1 is 0.897 bits per heavy atom. The highest BCUT2D eigenvalue weighted by atomic mass is 19.4. The average molecular weight is 446 g/mol. The van der Waals surface area contributed by atoms with Gasteiger partial charge in [0, 0.05) is 19.4 Å². The normalized spacial score (nSPS) is 15.3. The molecule has 0 aliphatic carbocycles. The molecule has 0 spiro atoms. The number of aliphatic hydroxyl groups excluding tert-OH is 2. The molecule has 0 rings (SSSR count). The molecular formula is C18H30F8O3. The van der Waals surface area contributed by atoms with Gasteiger partial charge in [0.05, 0.1) is 18.8 Å². The maximum atomic E-state index is 13.6. The quantitative estimate of drug-likeness (QED) is 0.225. The number of aliphatic hydroxyl groups is 2. The van der Waals surface area contributed by atoms with Crippen LogP contribution in [-0.2, 0) is 4.74 Å². The predicted octanol–water partition coefficient (Wildman–Crippen LogP) is 5.45. The molecule has 11 heteroatoms. The maximum Gasteiger partial charge on any atom is 0.378 e. The molecule has 2 atom stereocenters. The number of allylic oxidation sites excluding steroid dienone is 1. The number of hydrogen-bond acceptors (Lipinski definition) is 3. The fourth-order valence-corrected chi connectivity index (χ4v) is 2.12. The predicted molar refractivity (Wildman–Crippen MR) is 92.9 cm³/mol. The number of hydrogen-bond donors (Lipinski definition) is 2. The fraction of sp³-hybridized carbons (Fsp3) is 0.889. The lowest BCUT2D eigenvalue weighted by atomic mass is 9.92. The summed E-state index contributed by atoms with van der Waals surface area (Å²) in [6.45, 7) is 6.95. The van der Waals surface area contributed by atoms with E-state index < -0.39 is 55.3 Å². The maximum absolute atomic E-state index is 13.6. The molecule has 0 radical (unpaired) electrons. The van der Waals surface area contributed by atoms with Gasteiger partial charge in [-0.05, 0) is 20.3 Å². The first-order valence-electron chi connectivity index (χ1n) is 9.06. The van der Waals surface area contributed by atoms with Gasteiger partial charge in [0.15, 0.2) is 0 Å². The van der Waals surface area contributed by atoms with Crippen LogP contribution in [-0.4, -0.2) is 59.3 Å². The Labute approximate surface area is 165 Å². The van der Waals surface area contributed by atoms with Crippen molar-refractivity contribution in [3.8, 4) is 0 Å². The average Bonchev–Trinajstić information content (AvgIpc) is 2.53. The molecule has 0 aromatic carbocycles. The highest BCUT2D eigenvalue weighted by Gasteiger charge is 2.80. The largest absolute Gasteiger partial charge is 0.393 e. The summed E-state index contributed by atoms with van der Waals surface area (Å²) in [6, 6.07) is 0. The Morgan fingerprint density at radius 2 is 1.31 bits per heavy atom. The minimum atomic E-state index is -6.46. The molecule has 0 fully saturated rings. The third-order valence-corrected chi connectivity index (χ3v) is 3.56. The molecule has 0 bridgehead atoms. The Bertz CT molecular complexity index is 456. The van der Waals surface area contributed by atoms with E-state index in [1.54, 1.807) is 6.08 Å². The van der Waals surface area contributed by atoms with Crippen molar-refractivity contribution in [1.29, 1.82) is 0 Å². The Morgan fingerprint density at radius 3 is 1.69 bits per heavy atom. The van der Waals surface area contributed by atoms with Crippen LogP contribution < -0.4 is 0 Å². The van der Waals surface area contributed by atoms with Crippen molar-refractivity contribution < 1.29 is 50.1 Å². The van der Waals surface area contributed by atoms with Crippen LogP contribution >= 0.6 is 0 Å². The Kier molecular flexibility index (Phi) is 13.2. The molecule has 0 heterocycles. The van der Waals surface area contributed by atoms with Crippen LogP contribution in [0.3, 0.4) is 0 Å². The summed E-state index contributed by atoms with van der Waals surface area (Å²) in [5, 5.41) is 18.0.